The third-order valence-corrected chi connectivity index (χ3v) is 0.794. The predicted octanol–water partition coefficient (Wildman–Crippen LogP) is 0.582. The second kappa shape index (κ2) is 3.13. The van der Waals surface area contributed by atoms with Crippen LogP contribution in [-0.2, 0) is 0 Å². The summed E-state index contributed by atoms with van der Waals surface area (Å²) in [6.45, 7) is 7.18. The van der Waals surface area contributed by atoms with Gasteiger partial charge in [-0.05, 0) is 0 Å². The molecule has 0 radical (unpaired) electrons. The fraction of sp³-hybridized carbons (Fsp3) is 0.333. The lowest BCUT2D eigenvalue weighted by Gasteiger charge is -2.01. The van der Waals surface area contributed by atoms with E-state index in [0.717, 1.165) is 5.70 Å². The van der Waals surface area contributed by atoms with Crippen LogP contribution in [0.1, 0.15) is 6.42 Å². The second-order valence-corrected chi connectivity index (χ2v) is 1.69. The fourth-order valence-electron chi connectivity index (χ4n) is 0.362. The lowest BCUT2D eigenvalue weighted by atomic mass is 10.3. The first kappa shape index (κ1) is 7.08. The van der Waals surface area contributed by atoms with Crippen molar-refractivity contribution in [1.29, 1.82) is 0 Å². The van der Waals surface area contributed by atoms with Crippen LogP contribution in [0.4, 0.5) is 0 Å². The molecule has 0 aromatic carbocycles. The van der Waals surface area contributed by atoms with Crippen LogP contribution < -0.4 is 11.1 Å². The van der Waals surface area contributed by atoms with Gasteiger partial charge >= 0.3 is 0 Å². The van der Waals surface area contributed by atoms with E-state index in [-0.39, 0.29) is 0 Å². The van der Waals surface area contributed by atoms with Gasteiger partial charge in [0.25, 0.3) is 0 Å². The molecular weight excluding hydrogens is 100 g/mol. The number of hydrogen-bond donors (Lipinski definition) is 2. The Labute approximate surface area is 50.1 Å². The highest BCUT2D eigenvalue weighted by Gasteiger charge is 1.87. The SMILES string of the molecule is C=C(N)CC(=C)NC. The minimum absolute atomic E-state index is 0.643. The molecule has 0 spiro atoms. The van der Waals surface area contributed by atoms with Crippen molar-refractivity contribution in [1.82, 2.24) is 5.32 Å². The molecule has 0 saturated heterocycles. The number of nitrogens with two attached hydrogens (primary N) is 1. The summed E-state index contributed by atoms with van der Waals surface area (Å²) in [5, 5.41) is 2.86. The molecule has 8 heavy (non-hydrogen) atoms. The van der Waals surface area contributed by atoms with Gasteiger partial charge in [0.15, 0.2) is 0 Å². The monoisotopic (exact) mass is 112 g/mol. The van der Waals surface area contributed by atoms with Crippen molar-refractivity contribution >= 4 is 0 Å². The van der Waals surface area contributed by atoms with Crippen LogP contribution in [0.5, 0.6) is 0 Å². The zero-order chi connectivity index (χ0) is 6.57. The molecular formula is C6H12N2. The number of nitrogens with one attached hydrogen (secondary N) is 1. The van der Waals surface area contributed by atoms with Crippen LogP contribution in [0.15, 0.2) is 24.6 Å². The number of hydrogen-bond acceptors (Lipinski definition) is 2. The summed E-state index contributed by atoms with van der Waals surface area (Å²) in [6.07, 6.45) is 0.663. The molecule has 0 bridgehead atoms. The van der Waals surface area contributed by atoms with Crippen LogP contribution in [0, 0.1) is 0 Å². The third-order valence-electron chi connectivity index (χ3n) is 0.794. The van der Waals surface area contributed by atoms with E-state index in [0.29, 0.717) is 12.1 Å². The van der Waals surface area contributed by atoms with Gasteiger partial charge in [-0.2, -0.15) is 0 Å². The second-order valence-electron chi connectivity index (χ2n) is 1.69. The van der Waals surface area contributed by atoms with Gasteiger partial charge in [0.2, 0.25) is 0 Å². The van der Waals surface area contributed by atoms with E-state index < -0.39 is 0 Å². The molecule has 0 aromatic heterocycles. The van der Waals surface area contributed by atoms with E-state index in [1.807, 2.05) is 7.05 Å². The Bertz CT molecular complexity index is 105. The van der Waals surface area contributed by atoms with E-state index in [1.54, 1.807) is 0 Å². The summed E-state index contributed by atoms with van der Waals surface area (Å²) in [5.41, 5.74) is 6.82. The largest absolute Gasteiger partial charge is 0.402 e. The van der Waals surface area contributed by atoms with Crippen LogP contribution in [0.2, 0.25) is 0 Å². The lowest BCUT2D eigenvalue weighted by molar-refractivity contribution is 0.914. The molecule has 46 valence electrons. The molecule has 2 heteroatoms. The maximum Gasteiger partial charge on any atom is 0.0257 e. The molecule has 0 aliphatic heterocycles. The van der Waals surface area contributed by atoms with Crippen molar-refractivity contribution < 1.29 is 0 Å². The first-order valence-electron chi connectivity index (χ1n) is 2.45. The van der Waals surface area contributed by atoms with Crippen LogP contribution >= 0.6 is 0 Å². The average Bonchev–Trinajstić information content (AvgIpc) is 1.65. The Morgan fingerprint density at radius 3 is 2.25 bits per heavy atom. The van der Waals surface area contributed by atoms with E-state index >= 15 is 0 Å². The summed E-state index contributed by atoms with van der Waals surface area (Å²) in [7, 11) is 1.81. The van der Waals surface area contributed by atoms with E-state index in [4.69, 9.17) is 5.73 Å². The van der Waals surface area contributed by atoms with Crippen molar-refractivity contribution in [2.75, 3.05) is 7.05 Å². The highest BCUT2D eigenvalue weighted by molar-refractivity contribution is 5.03. The van der Waals surface area contributed by atoms with E-state index in [1.165, 1.54) is 0 Å². The smallest absolute Gasteiger partial charge is 0.0257 e. The minimum atomic E-state index is 0.643. The van der Waals surface area contributed by atoms with Gasteiger partial charge in [0.1, 0.15) is 0 Å². The summed E-state index contributed by atoms with van der Waals surface area (Å²) in [5.74, 6) is 0. The van der Waals surface area contributed by atoms with Crippen molar-refractivity contribution in [2.45, 2.75) is 6.42 Å². The zero-order valence-corrected chi connectivity index (χ0v) is 5.20. The van der Waals surface area contributed by atoms with Gasteiger partial charge in [0.05, 0.1) is 0 Å². The average molecular weight is 112 g/mol. The zero-order valence-electron chi connectivity index (χ0n) is 5.20. The van der Waals surface area contributed by atoms with Gasteiger partial charge < -0.3 is 11.1 Å². The molecule has 0 aromatic rings. The molecule has 0 aliphatic rings. The Balaban J connectivity index is 3.40. The first-order chi connectivity index (χ1) is 3.66. The van der Waals surface area contributed by atoms with Crippen molar-refractivity contribution in [3.8, 4) is 0 Å². The van der Waals surface area contributed by atoms with Crippen LogP contribution in [0.3, 0.4) is 0 Å². The van der Waals surface area contributed by atoms with Gasteiger partial charge in [-0.25, -0.2) is 0 Å². The Morgan fingerprint density at radius 1 is 1.62 bits per heavy atom. The summed E-state index contributed by atoms with van der Waals surface area (Å²) in [4.78, 5) is 0. The Kier molecular flexibility index (Phi) is 2.77. The van der Waals surface area contributed by atoms with Gasteiger partial charge in [-0.1, -0.05) is 13.2 Å². The van der Waals surface area contributed by atoms with Crippen molar-refractivity contribution in [3.63, 3.8) is 0 Å². The predicted molar refractivity (Wildman–Crippen MR) is 36.1 cm³/mol. The Hall–Kier alpha value is -0.920. The van der Waals surface area contributed by atoms with Crippen molar-refractivity contribution in [2.24, 2.45) is 5.73 Å². The topological polar surface area (TPSA) is 38.0 Å². The van der Waals surface area contributed by atoms with E-state index in [9.17, 15) is 0 Å². The number of rotatable bonds is 3. The molecule has 0 saturated carbocycles. The van der Waals surface area contributed by atoms with Gasteiger partial charge in [-0.15, -0.1) is 0 Å². The quantitative estimate of drug-likeness (QED) is 0.560. The Morgan fingerprint density at radius 2 is 2.12 bits per heavy atom. The molecule has 0 fully saturated rings. The van der Waals surface area contributed by atoms with Crippen LogP contribution in [0.25, 0.3) is 0 Å². The normalized spacial score (nSPS) is 8.12. The molecule has 0 atom stereocenters. The maximum absolute atomic E-state index is 5.27. The summed E-state index contributed by atoms with van der Waals surface area (Å²) in [6, 6.07) is 0. The molecule has 0 amide bonds. The van der Waals surface area contributed by atoms with Crippen LogP contribution in [-0.4, -0.2) is 7.05 Å². The lowest BCUT2D eigenvalue weighted by Crippen LogP contribution is -2.07. The standard InChI is InChI=1S/C6H12N2/c1-5(7)4-6(2)8-3/h8H,1-2,4,7H2,3H3. The van der Waals surface area contributed by atoms with Gasteiger partial charge in [-0.3, -0.25) is 0 Å². The summed E-state index contributed by atoms with van der Waals surface area (Å²) >= 11 is 0. The molecule has 0 rings (SSSR count). The maximum atomic E-state index is 5.27. The minimum Gasteiger partial charge on any atom is -0.402 e. The molecule has 0 heterocycles. The first-order valence-corrected chi connectivity index (χ1v) is 2.45. The van der Waals surface area contributed by atoms with Crippen molar-refractivity contribution in [3.05, 3.63) is 24.6 Å². The highest BCUT2D eigenvalue weighted by atomic mass is 14.8. The highest BCUT2D eigenvalue weighted by Crippen LogP contribution is 1.95. The van der Waals surface area contributed by atoms with Gasteiger partial charge in [0, 0.05) is 24.9 Å². The molecule has 2 nitrogen and oxygen atoms in total. The molecule has 3 N–H and O–H groups in total. The third kappa shape index (κ3) is 3.28. The summed E-state index contributed by atoms with van der Waals surface area (Å²) < 4.78 is 0. The van der Waals surface area contributed by atoms with E-state index in [2.05, 4.69) is 18.5 Å². The molecule has 0 unspecified atom stereocenters. The fourth-order valence-corrected chi connectivity index (χ4v) is 0.362. The molecule has 0 aliphatic carbocycles.